The summed E-state index contributed by atoms with van der Waals surface area (Å²) >= 11 is 0. The van der Waals surface area contributed by atoms with Crippen LogP contribution in [0, 0.1) is 17.8 Å². The number of aliphatic hydroxyl groups is 1. The quantitative estimate of drug-likeness (QED) is 0.790. The molecule has 0 bridgehead atoms. The summed E-state index contributed by atoms with van der Waals surface area (Å²) < 4.78 is 0. The third-order valence-corrected chi connectivity index (χ3v) is 5.18. The lowest BCUT2D eigenvalue weighted by Crippen LogP contribution is -2.45. The summed E-state index contributed by atoms with van der Waals surface area (Å²) in [6, 6.07) is 1.16. The van der Waals surface area contributed by atoms with Crippen molar-refractivity contribution >= 4 is 0 Å². The van der Waals surface area contributed by atoms with Crippen molar-refractivity contribution in [2.24, 2.45) is 17.8 Å². The summed E-state index contributed by atoms with van der Waals surface area (Å²) in [4.78, 5) is 0. The molecule has 0 spiro atoms. The Bertz CT molecular complexity index is 229. The van der Waals surface area contributed by atoms with E-state index in [1.807, 2.05) is 0 Å². The molecule has 0 heterocycles. The summed E-state index contributed by atoms with van der Waals surface area (Å²) in [6.45, 7) is 4.64. The van der Waals surface area contributed by atoms with Crippen molar-refractivity contribution in [3.63, 3.8) is 0 Å². The molecule has 2 N–H and O–H groups in total. The molecule has 0 aromatic rings. The fourth-order valence-corrected chi connectivity index (χ4v) is 3.72. The fourth-order valence-electron chi connectivity index (χ4n) is 3.72. The van der Waals surface area contributed by atoms with Crippen LogP contribution < -0.4 is 5.32 Å². The first kappa shape index (κ1) is 13.4. The Labute approximate surface area is 106 Å². The molecule has 0 aliphatic heterocycles. The van der Waals surface area contributed by atoms with Gasteiger partial charge in [0.05, 0.1) is 0 Å². The van der Waals surface area contributed by atoms with Gasteiger partial charge in [0.25, 0.3) is 0 Å². The van der Waals surface area contributed by atoms with Gasteiger partial charge < -0.3 is 10.4 Å². The Kier molecular flexibility index (Phi) is 4.87. The average molecular weight is 239 g/mol. The molecule has 0 radical (unpaired) electrons. The average Bonchev–Trinajstić information content (AvgIpc) is 2.37. The van der Waals surface area contributed by atoms with Gasteiger partial charge in [-0.15, -0.1) is 0 Å². The van der Waals surface area contributed by atoms with Crippen molar-refractivity contribution in [2.75, 3.05) is 6.61 Å². The zero-order chi connectivity index (χ0) is 12.3. The molecule has 2 heteroatoms. The lowest BCUT2D eigenvalue weighted by molar-refractivity contribution is 0.128. The molecule has 100 valence electrons. The van der Waals surface area contributed by atoms with Crippen LogP contribution >= 0.6 is 0 Å². The van der Waals surface area contributed by atoms with Gasteiger partial charge in [0.1, 0.15) is 0 Å². The van der Waals surface area contributed by atoms with Gasteiger partial charge in [0.2, 0.25) is 0 Å². The Morgan fingerprint density at radius 3 is 2.47 bits per heavy atom. The molecule has 5 unspecified atom stereocenters. The van der Waals surface area contributed by atoms with E-state index in [0.29, 0.717) is 24.6 Å². The largest absolute Gasteiger partial charge is 0.396 e. The van der Waals surface area contributed by atoms with Crippen LogP contribution in [0.3, 0.4) is 0 Å². The molecule has 5 atom stereocenters. The molecule has 2 rings (SSSR count). The maximum Gasteiger partial charge on any atom is 0.0471 e. The van der Waals surface area contributed by atoms with E-state index in [4.69, 9.17) is 0 Å². The second-order valence-electron chi connectivity index (χ2n) is 6.43. The van der Waals surface area contributed by atoms with Crippen molar-refractivity contribution in [1.29, 1.82) is 0 Å². The predicted octanol–water partition coefficient (Wildman–Crippen LogP) is 2.95. The van der Waals surface area contributed by atoms with Crippen LogP contribution in [-0.2, 0) is 0 Å². The third-order valence-electron chi connectivity index (χ3n) is 5.18. The van der Waals surface area contributed by atoms with Crippen LogP contribution in [0.4, 0.5) is 0 Å². The van der Waals surface area contributed by atoms with E-state index in [0.717, 1.165) is 11.8 Å². The van der Waals surface area contributed by atoms with Gasteiger partial charge in [-0.3, -0.25) is 0 Å². The number of nitrogens with one attached hydrogen (secondary N) is 1. The second kappa shape index (κ2) is 6.19. The summed E-state index contributed by atoms with van der Waals surface area (Å²) in [5, 5.41) is 12.9. The number of aliphatic hydroxyl groups excluding tert-OH is 1. The van der Waals surface area contributed by atoms with E-state index in [1.165, 1.54) is 44.9 Å². The van der Waals surface area contributed by atoms with Gasteiger partial charge in [-0.25, -0.2) is 0 Å². The fraction of sp³-hybridized carbons (Fsp3) is 1.00. The van der Waals surface area contributed by atoms with E-state index in [-0.39, 0.29) is 0 Å². The molecule has 2 nitrogen and oxygen atoms in total. The summed E-state index contributed by atoms with van der Waals surface area (Å²) in [5.41, 5.74) is 0. The first-order valence-corrected chi connectivity index (χ1v) is 7.57. The molecule has 17 heavy (non-hydrogen) atoms. The van der Waals surface area contributed by atoms with E-state index < -0.39 is 0 Å². The first-order valence-electron chi connectivity index (χ1n) is 7.57. The molecule has 2 aliphatic rings. The Morgan fingerprint density at radius 2 is 1.76 bits per heavy atom. The number of hydrogen-bond acceptors (Lipinski definition) is 2. The van der Waals surface area contributed by atoms with Crippen molar-refractivity contribution in [3.05, 3.63) is 0 Å². The highest BCUT2D eigenvalue weighted by Crippen LogP contribution is 2.40. The molecule has 0 aromatic carbocycles. The molecular weight excluding hydrogens is 210 g/mol. The normalized spacial score (nSPS) is 37.2. The van der Waals surface area contributed by atoms with Crippen molar-refractivity contribution in [2.45, 2.75) is 70.9 Å². The zero-order valence-electron chi connectivity index (χ0n) is 11.5. The molecule has 2 fully saturated rings. The number of fused-ring (bicyclic) bond motifs is 1. The molecule has 0 saturated heterocycles. The van der Waals surface area contributed by atoms with Gasteiger partial charge in [-0.2, -0.15) is 0 Å². The molecule has 2 aliphatic carbocycles. The van der Waals surface area contributed by atoms with Gasteiger partial charge >= 0.3 is 0 Å². The maximum atomic E-state index is 9.18. The van der Waals surface area contributed by atoms with Crippen molar-refractivity contribution in [1.82, 2.24) is 5.32 Å². The minimum Gasteiger partial charge on any atom is -0.396 e. The highest BCUT2D eigenvalue weighted by molar-refractivity contribution is 4.87. The minimum absolute atomic E-state index is 0.299. The first-order chi connectivity index (χ1) is 8.20. The Morgan fingerprint density at radius 1 is 1.06 bits per heavy atom. The highest BCUT2D eigenvalue weighted by Gasteiger charge is 2.32. The summed E-state index contributed by atoms with van der Waals surface area (Å²) in [6.07, 6.45) is 10.0. The summed E-state index contributed by atoms with van der Waals surface area (Å²) in [5.74, 6) is 2.40. The smallest absolute Gasteiger partial charge is 0.0471 e. The van der Waals surface area contributed by atoms with Crippen LogP contribution in [0.1, 0.15) is 58.8 Å². The molecule has 0 amide bonds. The third kappa shape index (κ3) is 3.45. The van der Waals surface area contributed by atoms with E-state index in [1.54, 1.807) is 0 Å². The SMILES string of the molecule is CC(CO)C(C)NC1CCC2CCCCC2C1. The number of rotatable bonds is 4. The van der Waals surface area contributed by atoms with E-state index in [9.17, 15) is 5.11 Å². The summed E-state index contributed by atoms with van der Waals surface area (Å²) in [7, 11) is 0. The van der Waals surface area contributed by atoms with Gasteiger partial charge in [-0.05, 0) is 43.9 Å². The van der Waals surface area contributed by atoms with Gasteiger partial charge in [0.15, 0.2) is 0 Å². The van der Waals surface area contributed by atoms with Gasteiger partial charge in [-0.1, -0.05) is 32.6 Å². The topological polar surface area (TPSA) is 32.3 Å². The van der Waals surface area contributed by atoms with Crippen LogP contribution in [0.5, 0.6) is 0 Å². The van der Waals surface area contributed by atoms with Crippen molar-refractivity contribution in [3.8, 4) is 0 Å². The van der Waals surface area contributed by atoms with Crippen LogP contribution in [0.25, 0.3) is 0 Å². The zero-order valence-corrected chi connectivity index (χ0v) is 11.5. The molecule has 2 saturated carbocycles. The minimum atomic E-state index is 0.299. The lowest BCUT2D eigenvalue weighted by Gasteiger charge is -2.41. The maximum absolute atomic E-state index is 9.18. The molecular formula is C15H29NO. The number of hydrogen-bond donors (Lipinski definition) is 2. The van der Waals surface area contributed by atoms with E-state index in [2.05, 4.69) is 19.2 Å². The van der Waals surface area contributed by atoms with Crippen LogP contribution in [-0.4, -0.2) is 23.8 Å². The van der Waals surface area contributed by atoms with Gasteiger partial charge in [0, 0.05) is 18.7 Å². The van der Waals surface area contributed by atoms with Crippen LogP contribution in [0.15, 0.2) is 0 Å². The highest BCUT2D eigenvalue weighted by atomic mass is 16.3. The Balaban J connectivity index is 1.79. The standard InChI is InChI=1S/C15H29NO/c1-11(10-17)12(2)16-15-8-7-13-5-3-4-6-14(13)9-15/h11-17H,3-10H2,1-2H3. The molecule has 0 aromatic heterocycles. The second-order valence-corrected chi connectivity index (χ2v) is 6.43. The lowest BCUT2D eigenvalue weighted by atomic mass is 9.69. The van der Waals surface area contributed by atoms with Crippen LogP contribution in [0.2, 0.25) is 0 Å². The van der Waals surface area contributed by atoms with E-state index >= 15 is 0 Å². The Hall–Kier alpha value is -0.0800. The predicted molar refractivity (Wildman–Crippen MR) is 71.9 cm³/mol. The monoisotopic (exact) mass is 239 g/mol. The van der Waals surface area contributed by atoms with Crippen molar-refractivity contribution < 1.29 is 5.11 Å².